The fourth-order valence-electron chi connectivity index (χ4n) is 2.00. The van der Waals surface area contributed by atoms with Crippen LogP contribution in [-0.2, 0) is 4.79 Å². The highest BCUT2D eigenvalue weighted by molar-refractivity contribution is 5.91. The predicted octanol–water partition coefficient (Wildman–Crippen LogP) is 1.02. The van der Waals surface area contributed by atoms with Gasteiger partial charge in [-0.1, -0.05) is 0 Å². The van der Waals surface area contributed by atoms with Gasteiger partial charge in [-0.05, 0) is 25.0 Å². The molecule has 17 heavy (non-hydrogen) atoms. The summed E-state index contributed by atoms with van der Waals surface area (Å²) in [5, 5.41) is 2.91. The van der Waals surface area contributed by atoms with Crippen LogP contribution in [0.5, 0.6) is 0 Å². The first-order valence-electron chi connectivity index (χ1n) is 5.76. The molecule has 1 fully saturated rings. The zero-order chi connectivity index (χ0) is 12.3. The van der Waals surface area contributed by atoms with Crippen LogP contribution in [0.1, 0.15) is 30.3 Å². The number of nitrogens with zero attached hydrogens (tertiary/aromatic N) is 1. The molecule has 92 valence electrons. The summed E-state index contributed by atoms with van der Waals surface area (Å²) in [6, 6.07) is 3.45. The number of likely N-dealkylation sites (tertiary alicyclic amines) is 1. The van der Waals surface area contributed by atoms with E-state index in [-0.39, 0.29) is 17.9 Å². The molecule has 0 atom stereocenters. The van der Waals surface area contributed by atoms with Crippen LogP contribution in [0.2, 0.25) is 0 Å². The molecular formula is C12H16N2O3. The van der Waals surface area contributed by atoms with Gasteiger partial charge in [0.05, 0.1) is 6.26 Å². The lowest BCUT2D eigenvalue weighted by Crippen LogP contribution is -2.45. The number of amides is 2. The third-order valence-electron chi connectivity index (χ3n) is 3.02. The van der Waals surface area contributed by atoms with E-state index in [0.717, 1.165) is 12.8 Å². The Kier molecular flexibility index (Phi) is 3.46. The Hall–Kier alpha value is -1.78. The van der Waals surface area contributed by atoms with Crippen LogP contribution in [0.15, 0.2) is 22.8 Å². The van der Waals surface area contributed by atoms with Crippen molar-refractivity contribution in [2.45, 2.75) is 25.8 Å². The highest BCUT2D eigenvalue weighted by Crippen LogP contribution is 2.11. The molecule has 1 saturated heterocycles. The van der Waals surface area contributed by atoms with Crippen molar-refractivity contribution in [2.24, 2.45) is 0 Å². The fourth-order valence-corrected chi connectivity index (χ4v) is 2.00. The maximum atomic E-state index is 11.7. The maximum Gasteiger partial charge on any atom is 0.287 e. The van der Waals surface area contributed by atoms with E-state index in [1.807, 2.05) is 0 Å². The van der Waals surface area contributed by atoms with E-state index in [9.17, 15) is 9.59 Å². The van der Waals surface area contributed by atoms with E-state index in [1.54, 1.807) is 24.0 Å². The Labute approximate surface area is 99.8 Å². The van der Waals surface area contributed by atoms with Crippen LogP contribution >= 0.6 is 0 Å². The van der Waals surface area contributed by atoms with E-state index >= 15 is 0 Å². The summed E-state index contributed by atoms with van der Waals surface area (Å²) in [5.74, 6) is 0.246. The number of hydrogen-bond acceptors (Lipinski definition) is 3. The van der Waals surface area contributed by atoms with Gasteiger partial charge in [-0.25, -0.2) is 0 Å². The number of rotatable bonds is 2. The molecule has 0 radical (unpaired) electrons. The number of hydrogen-bond donors (Lipinski definition) is 1. The Morgan fingerprint density at radius 3 is 2.65 bits per heavy atom. The molecule has 0 unspecified atom stereocenters. The van der Waals surface area contributed by atoms with Gasteiger partial charge in [0.1, 0.15) is 0 Å². The van der Waals surface area contributed by atoms with Crippen molar-refractivity contribution in [3.8, 4) is 0 Å². The standard InChI is InChI=1S/C12H16N2O3/c1-9(15)14-6-4-10(5-7-14)13-12(16)11-3-2-8-17-11/h2-3,8,10H,4-7H2,1H3,(H,13,16). The summed E-state index contributed by atoms with van der Waals surface area (Å²) in [5.41, 5.74) is 0. The van der Waals surface area contributed by atoms with Crippen LogP contribution in [0.25, 0.3) is 0 Å². The lowest BCUT2D eigenvalue weighted by atomic mass is 10.0. The Bertz CT molecular complexity index is 392. The van der Waals surface area contributed by atoms with Crippen LogP contribution < -0.4 is 5.32 Å². The average molecular weight is 236 g/mol. The zero-order valence-electron chi connectivity index (χ0n) is 9.81. The van der Waals surface area contributed by atoms with Gasteiger partial charge < -0.3 is 14.6 Å². The van der Waals surface area contributed by atoms with Gasteiger partial charge in [0.2, 0.25) is 5.91 Å². The Morgan fingerprint density at radius 1 is 1.41 bits per heavy atom. The topological polar surface area (TPSA) is 62.6 Å². The molecule has 0 aromatic carbocycles. The second-order valence-corrected chi connectivity index (χ2v) is 4.23. The summed E-state index contributed by atoms with van der Waals surface area (Å²) in [6.07, 6.45) is 3.07. The molecule has 2 amide bonds. The van der Waals surface area contributed by atoms with Crippen molar-refractivity contribution in [3.05, 3.63) is 24.2 Å². The molecule has 0 saturated carbocycles. The summed E-state index contributed by atoms with van der Waals surface area (Å²) in [4.78, 5) is 24.6. The quantitative estimate of drug-likeness (QED) is 0.834. The number of carbonyl (C=O) groups excluding carboxylic acids is 2. The monoisotopic (exact) mass is 236 g/mol. The minimum Gasteiger partial charge on any atom is -0.459 e. The summed E-state index contributed by atoms with van der Waals surface area (Å²) in [6.45, 7) is 2.98. The first-order valence-corrected chi connectivity index (χ1v) is 5.76. The van der Waals surface area contributed by atoms with Crippen molar-refractivity contribution in [1.82, 2.24) is 10.2 Å². The number of nitrogens with one attached hydrogen (secondary N) is 1. The zero-order valence-corrected chi connectivity index (χ0v) is 9.81. The molecular weight excluding hydrogens is 220 g/mol. The second-order valence-electron chi connectivity index (χ2n) is 4.23. The molecule has 2 heterocycles. The second kappa shape index (κ2) is 5.03. The Morgan fingerprint density at radius 2 is 2.12 bits per heavy atom. The van der Waals surface area contributed by atoms with E-state index < -0.39 is 0 Å². The fraction of sp³-hybridized carbons (Fsp3) is 0.500. The summed E-state index contributed by atoms with van der Waals surface area (Å²) >= 11 is 0. The van der Waals surface area contributed by atoms with Crippen LogP contribution in [0, 0.1) is 0 Å². The first-order chi connectivity index (χ1) is 8.16. The minimum atomic E-state index is -0.184. The number of furan rings is 1. The molecule has 5 nitrogen and oxygen atoms in total. The van der Waals surface area contributed by atoms with Gasteiger partial charge in [-0.15, -0.1) is 0 Å². The smallest absolute Gasteiger partial charge is 0.287 e. The highest BCUT2D eigenvalue weighted by Gasteiger charge is 2.22. The van der Waals surface area contributed by atoms with Gasteiger partial charge in [-0.2, -0.15) is 0 Å². The van der Waals surface area contributed by atoms with Crippen molar-refractivity contribution >= 4 is 11.8 Å². The molecule has 2 rings (SSSR count). The average Bonchev–Trinajstić information content (AvgIpc) is 2.83. The third-order valence-corrected chi connectivity index (χ3v) is 3.02. The predicted molar refractivity (Wildman–Crippen MR) is 61.5 cm³/mol. The molecule has 1 aliphatic heterocycles. The molecule has 1 aromatic rings. The van der Waals surface area contributed by atoms with Crippen molar-refractivity contribution in [2.75, 3.05) is 13.1 Å². The van der Waals surface area contributed by atoms with Crippen LogP contribution in [0.3, 0.4) is 0 Å². The van der Waals surface area contributed by atoms with E-state index in [2.05, 4.69) is 5.32 Å². The number of carbonyl (C=O) groups is 2. The number of piperidine rings is 1. The van der Waals surface area contributed by atoms with Gasteiger partial charge in [0.25, 0.3) is 5.91 Å². The SMILES string of the molecule is CC(=O)N1CCC(NC(=O)c2ccco2)CC1. The van der Waals surface area contributed by atoms with E-state index in [0.29, 0.717) is 18.8 Å². The van der Waals surface area contributed by atoms with Crippen LogP contribution in [-0.4, -0.2) is 35.8 Å². The van der Waals surface area contributed by atoms with Gasteiger partial charge in [0, 0.05) is 26.1 Å². The Balaban J connectivity index is 1.82. The van der Waals surface area contributed by atoms with E-state index in [1.165, 1.54) is 6.26 Å². The molecule has 1 aromatic heterocycles. The summed E-state index contributed by atoms with van der Waals surface area (Å²) < 4.78 is 5.02. The lowest BCUT2D eigenvalue weighted by Gasteiger charge is -2.31. The molecule has 1 N–H and O–H groups in total. The third kappa shape index (κ3) is 2.87. The minimum absolute atomic E-state index is 0.0980. The van der Waals surface area contributed by atoms with Gasteiger partial charge in [0.15, 0.2) is 5.76 Å². The normalized spacial score (nSPS) is 16.9. The van der Waals surface area contributed by atoms with Crippen molar-refractivity contribution in [1.29, 1.82) is 0 Å². The van der Waals surface area contributed by atoms with Gasteiger partial charge in [-0.3, -0.25) is 9.59 Å². The molecule has 0 bridgehead atoms. The highest BCUT2D eigenvalue weighted by atomic mass is 16.3. The van der Waals surface area contributed by atoms with Crippen molar-refractivity contribution < 1.29 is 14.0 Å². The summed E-state index contributed by atoms with van der Waals surface area (Å²) in [7, 11) is 0. The van der Waals surface area contributed by atoms with Crippen LogP contribution in [0.4, 0.5) is 0 Å². The van der Waals surface area contributed by atoms with E-state index in [4.69, 9.17) is 4.42 Å². The molecule has 1 aliphatic rings. The lowest BCUT2D eigenvalue weighted by molar-refractivity contribution is -0.129. The largest absolute Gasteiger partial charge is 0.459 e. The molecule has 5 heteroatoms. The van der Waals surface area contributed by atoms with Gasteiger partial charge >= 0.3 is 0 Å². The maximum absolute atomic E-state index is 11.7. The molecule has 0 spiro atoms. The van der Waals surface area contributed by atoms with Crippen molar-refractivity contribution in [3.63, 3.8) is 0 Å². The first kappa shape index (κ1) is 11.7. The molecule has 0 aliphatic carbocycles.